The maximum absolute atomic E-state index is 9.85. The molecule has 10 heavy (non-hydrogen) atoms. The van der Waals surface area contributed by atoms with Crippen molar-refractivity contribution in [2.45, 2.75) is 0 Å². The van der Waals surface area contributed by atoms with Gasteiger partial charge in [0.2, 0.25) is 0 Å². The van der Waals surface area contributed by atoms with Crippen molar-refractivity contribution in [2.24, 2.45) is 0 Å². The molecule has 5 nitrogen and oxygen atoms in total. The van der Waals surface area contributed by atoms with Gasteiger partial charge in [-0.2, -0.15) is 8.42 Å². The standard InChI is InChI=1S/C3H4O5S.Na/c1-2(3(4)5)9(6,7)8;/h1H2,(H,4,5)(H,6,7,8);. The summed E-state index contributed by atoms with van der Waals surface area (Å²) in [6.45, 7) is 2.59. The largest absolute Gasteiger partial charge is 0.477 e. The van der Waals surface area contributed by atoms with E-state index in [1.807, 2.05) is 0 Å². The molecule has 0 saturated carbocycles. The van der Waals surface area contributed by atoms with Crippen LogP contribution in [0.2, 0.25) is 0 Å². The predicted molar refractivity (Wildman–Crippen MR) is 34.1 cm³/mol. The third kappa shape index (κ3) is 4.02. The van der Waals surface area contributed by atoms with Crippen LogP contribution in [0.15, 0.2) is 11.5 Å². The van der Waals surface area contributed by atoms with E-state index in [-0.39, 0.29) is 29.6 Å². The van der Waals surface area contributed by atoms with Crippen LogP contribution in [0.4, 0.5) is 0 Å². The molecule has 0 bridgehead atoms. The van der Waals surface area contributed by atoms with Crippen LogP contribution >= 0.6 is 0 Å². The van der Waals surface area contributed by atoms with Crippen LogP contribution in [0.5, 0.6) is 0 Å². The number of carboxylic acids is 1. The van der Waals surface area contributed by atoms with Crippen LogP contribution in [0, 0.1) is 0 Å². The summed E-state index contributed by atoms with van der Waals surface area (Å²) in [6.07, 6.45) is 0. The van der Waals surface area contributed by atoms with Crippen LogP contribution in [0.25, 0.3) is 0 Å². The molecule has 2 N–H and O–H groups in total. The van der Waals surface area contributed by atoms with Crippen molar-refractivity contribution in [3.63, 3.8) is 0 Å². The van der Waals surface area contributed by atoms with Crippen molar-refractivity contribution in [1.82, 2.24) is 0 Å². The van der Waals surface area contributed by atoms with Crippen molar-refractivity contribution in [2.75, 3.05) is 0 Å². The van der Waals surface area contributed by atoms with Gasteiger partial charge < -0.3 is 5.11 Å². The average Bonchev–Trinajstić information content (AvgIpc) is 1.62. The molecule has 0 aliphatic rings. The van der Waals surface area contributed by atoms with Gasteiger partial charge in [-0.1, -0.05) is 6.58 Å². The van der Waals surface area contributed by atoms with Gasteiger partial charge in [-0.15, -0.1) is 0 Å². The van der Waals surface area contributed by atoms with Gasteiger partial charge >= 0.3 is 16.1 Å². The van der Waals surface area contributed by atoms with E-state index < -0.39 is 21.0 Å². The van der Waals surface area contributed by atoms with Gasteiger partial charge in [0.15, 0.2) is 4.91 Å². The van der Waals surface area contributed by atoms with E-state index >= 15 is 0 Å². The Balaban J connectivity index is 0. The fourth-order valence-electron chi connectivity index (χ4n) is 0.110. The number of carbonyl (C=O) groups is 1. The summed E-state index contributed by atoms with van der Waals surface area (Å²) < 4.78 is 27.6. The molecule has 0 fully saturated rings. The van der Waals surface area contributed by atoms with E-state index in [9.17, 15) is 13.2 Å². The van der Waals surface area contributed by atoms with Gasteiger partial charge in [0.25, 0.3) is 0 Å². The predicted octanol–water partition coefficient (Wildman–Crippen LogP) is -0.908. The maximum Gasteiger partial charge on any atom is 0.349 e. The molecule has 0 rings (SSSR count). The molecule has 0 aromatic carbocycles. The summed E-state index contributed by atoms with van der Waals surface area (Å²) in [7, 11) is -4.60. The van der Waals surface area contributed by atoms with E-state index in [1.165, 1.54) is 0 Å². The van der Waals surface area contributed by atoms with E-state index in [0.717, 1.165) is 0 Å². The second kappa shape index (κ2) is 4.09. The van der Waals surface area contributed by atoms with Crippen molar-refractivity contribution in [3.05, 3.63) is 11.5 Å². The first-order chi connectivity index (χ1) is 3.85. The van der Waals surface area contributed by atoms with Crippen LogP contribution in [-0.4, -0.2) is 53.6 Å². The molecule has 0 aliphatic carbocycles. The molecule has 0 saturated heterocycles. The molecule has 53 valence electrons. The molecule has 0 heterocycles. The van der Waals surface area contributed by atoms with Crippen molar-refractivity contribution < 1.29 is 22.9 Å². The Morgan fingerprint density at radius 3 is 1.70 bits per heavy atom. The van der Waals surface area contributed by atoms with Crippen LogP contribution in [0.1, 0.15) is 0 Å². The molecule has 0 aromatic heterocycles. The zero-order valence-electron chi connectivity index (χ0n) is 5.23. The van der Waals surface area contributed by atoms with Crippen molar-refractivity contribution in [1.29, 1.82) is 0 Å². The van der Waals surface area contributed by atoms with E-state index in [2.05, 4.69) is 6.58 Å². The van der Waals surface area contributed by atoms with Gasteiger partial charge in [-0.05, 0) is 0 Å². The van der Waals surface area contributed by atoms with Gasteiger partial charge in [0.05, 0.1) is 0 Å². The monoisotopic (exact) mass is 175 g/mol. The maximum atomic E-state index is 9.85. The third-order valence-electron chi connectivity index (χ3n) is 0.550. The summed E-state index contributed by atoms with van der Waals surface area (Å²) in [6, 6.07) is 0. The van der Waals surface area contributed by atoms with E-state index in [1.54, 1.807) is 0 Å². The van der Waals surface area contributed by atoms with E-state index in [4.69, 9.17) is 9.66 Å². The minimum atomic E-state index is -4.60. The molecule has 0 aromatic rings. The zero-order valence-corrected chi connectivity index (χ0v) is 8.05. The molecule has 0 atom stereocenters. The molecule has 0 unspecified atom stereocenters. The Bertz CT molecular complexity index is 240. The molecule has 0 spiro atoms. The first kappa shape index (κ1) is 12.8. The number of hydrogen-bond donors (Lipinski definition) is 2. The summed E-state index contributed by atoms with van der Waals surface area (Å²) in [5.74, 6) is -1.75. The van der Waals surface area contributed by atoms with Crippen LogP contribution in [-0.2, 0) is 14.9 Å². The Labute approximate surface area is 79.8 Å². The first-order valence-corrected chi connectivity index (χ1v) is 3.19. The Morgan fingerprint density at radius 2 is 1.70 bits per heavy atom. The van der Waals surface area contributed by atoms with Gasteiger partial charge in [0, 0.05) is 29.6 Å². The minimum Gasteiger partial charge on any atom is -0.477 e. The molecule has 0 amide bonds. The molecular formula is C3H4NaO5S. The molecular weight excluding hydrogens is 171 g/mol. The first-order valence-electron chi connectivity index (χ1n) is 1.75. The van der Waals surface area contributed by atoms with Crippen molar-refractivity contribution in [3.8, 4) is 0 Å². The number of carboxylic acid groups (broad SMARTS) is 1. The fourth-order valence-corrected chi connectivity index (χ4v) is 0.331. The Kier molecular flexibility index (Phi) is 5.23. The fraction of sp³-hybridized carbons (Fsp3) is 0. The molecule has 0 aliphatic heterocycles. The third-order valence-corrected chi connectivity index (χ3v) is 1.35. The topological polar surface area (TPSA) is 91.7 Å². The number of rotatable bonds is 2. The van der Waals surface area contributed by atoms with E-state index in [0.29, 0.717) is 0 Å². The van der Waals surface area contributed by atoms with Gasteiger partial charge in [-0.3, -0.25) is 4.55 Å². The number of aliphatic carboxylic acids is 1. The van der Waals surface area contributed by atoms with Crippen LogP contribution < -0.4 is 0 Å². The van der Waals surface area contributed by atoms with Crippen molar-refractivity contribution >= 4 is 45.6 Å². The Hall–Kier alpha value is 0.120. The summed E-state index contributed by atoms with van der Waals surface area (Å²) in [5, 5.41) is 7.88. The summed E-state index contributed by atoms with van der Waals surface area (Å²) in [4.78, 5) is 8.49. The molecule has 1 radical (unpaired) electrons. The SMILES string of the molecule is C=C(C(=O)O)S(=O)(=O)O.[Na]. The van der Waals surface area contributed by atoms with Gasteiger partial charge in [0.1, 0.15) is 0 Å². The summed E-state index contributed by atoms with van der Waals surface area (Å²) >= 11 is 0. The second-order valence-corrected chi connectivity index (χ2v) is 2.65. The van der Waals surface area contributed by atoms with Crippen LogP contribution in [0.3, 0.4) is 0 Å². The minimum absolute atomic E-state index is 0. The summed E-state index contributed by atoms with van der Waals surface area (Å²) in [5.41, 5.74) is 0. The quantitative estimate of drug-likeness (QED) is 0.322. The zero-order chi connectivity index (χ0) is 7.65. The number of hydrogen-bond acceptors (Lipinski definition) is 3. The normalized spacial score (nSPS) is 9.70. The average molecular weight is 175 g/mol. The smallest absolute Gasteiger partial charge is 0.349 e. The van der Waals surface area contributed by atoms with Gasteiger partial charge in [-0.25, -0.2) is 4.79 Å². The second-order valence-electron chi connectivity index (χ2n) is 1.20. The Morgan fingerprint density at radius 1 is 1.40 bits per heavy atom. The molecule has 7 heteroatoms.